The summed E-state index contributed by atoms with van der Waals surface area (Å²) in [7, 11) is 0. The fourth-order valence-corrected chi connectivity index (χ4v) is 1.67. The van der Waals surface area contributed by atoms with E-state index in [1.165, 1.54) is 36.4 Å². The summed E-state index contributed by atoms with van der Waals surface area (Å²) in [6.07, 6.45) is -1.01. The third-order valence-electron chi connectivity index (χ3n) is 2.53. The van der Waals surface area contributed by atoms with Crippen LogP contribution in [0.15, 0.2) is 42.5 Å². The van der Waals surface area contributed by atoms with Crippen LogP contribution in [0.2, 0.25) is 0 Å². The third kappa shape index (κ3) is 2.37. The molecule has 4 heteroatoms. The zero-order valence-electron chi connectivity index (χ0n) is 8.97. The van der Waals surface area contributed by atoms with Crippen molar-refractivity contribution in [2.45, 2.75) is 6.10 Å². The second kappa shape index (κ2) is 4.43. The van der Waals surface area contributed by atoms with E-state index in [1.54, 1.807) is 6.07 Å². The molecular formula is C13H12FNO2. The number of benzene rings is 2. The van der Waals surface area contributed by atoms with Crippen molar-refractivity contribution in [2.75, 3.05) is 5.73 Å². The minimum absolute atomic E-state index is 0.0256. The number of aliphatic hydroxyl groups excluding tert-OH is 1. The van der Waals surface area contributed by atoms with Crippen LogP contribution in [-0.4, -0.2) is 10.2 Å². The van der Waals surface area contributed by atoms with Gasteiger partial charge in [-0.1, -0.05) is 18.2 Å². The van der Waals surface area contributed by atoms with Crippen molar-refractivity contribution >= 4 is 5.69 Å². The zero-order chi connectivity index (χ0) is 12.4. The molecule has 0 fully saturated rings. The van der Waals surface area contributed by atoms with Crippen LogP contribution in [0.1, 0.15) is 17.2 Å². The maximum absolute atomic E-state index is 13.0. The van der Waals surface area contributed by atoms with Crippen LogP contribution >= 0.6 is 0 Å². The number of hydrogen-bond donors (Lipinski definition) is 3. The molecule has 0 saturated carbocycles. The van der Waals surface area contributed by atoms with Gasteiger partial charge < -0.3 is 15.9 Å². The summed E-state index contributed by atoms with van der Waals surface area (Å²) in [5, 5.41) is 19.3. The number of aromatic hydroxyl groups is 1. The van der Waals surface area contributed by atoms with Crippen LogP contribution in [0, 0.1) is 5.82 Å². The molecule has 2 aromatic carbocycles. The minimum atomic E-state index is -1.01. The van der Waals surface area contributed by atoms with E-state index in [4.69, 9.17) is 5.73 Å². The predicted octanol–water partition coefficient (Wildman–Crippen LogP) is 2.20. The molecule has 88 valence electrons. The van der Waals surface area contributed by atoms with E-state index in [2.05, 4.69) is 0 Å². The molecule has 0 saturated heterocycles. The number of phenolic OH excluding ortho intramolecular Hbond substituents is 1. The fraction of sp³-hybridized carbons (Fsp3) is 0.0769. The summed E-state index contributed by atoms with van der Waals surface area (Å²) in [6.45, 7) is 0. The number of nitrogen functional groups attached to an aromatic ring is 1. The molecule has 0 heterocycles. The van der Waals surface area contributed by atoms with Gasteiger partial charge in [0, 0.05) is 17.3 Å². The highest BCUT2D eigenvalue weighted by molar-refractivity contribution is 5.54. The van der Waals surface area contributed by atoms with Gasteiger partial charge in [-0.25, -0.2) is 4.39 Å². The van der Waals surface area contributed by atoms with Gasteiger partial charge in [-0.15, -0.1) is 0 Å². The number of halogens is 1. The normalized spacial score (nSPS) is 12.4. The average molecular weight is 233 g/mol. The first-order chi connectivity index (χ1) is 8.08. The highest BCUT2D eigenvalue weighted by Gasteiger charge is 2.14. The van der Waals surface area contributed by atoms with E-state index >= 15 is 0 Å². The molecule has 0 aliphatic heterocycles. The summed E-state index contributed by atoms with van der Waals surface area (Å²) < 4.78 is 13.0. The van der Waals surface area contributed by atoms with Crippen LogP contribution in [-0.2, 0) is 0 Å². The summed E-state index contributed by atoms with van der Waals surface area (Å²) >= 11 is 0. The SMILES string of the molecule is Nc1cc(O)ccc1C(O)c1cccc(F)c1. The first kappa shape index (κ1) is 11.4. The molecule has 2 rings (SSSR count). The van der Waals surface area contributed by atoms with Gasteiger partial charge in [0.2, 0.25) is 0 Å². The summed E-state index contributed by atoms with van der Waals surface area (Å²) in [5.41, 5.74) is 6.81. The number of phenols is 1. The Kier molecular flexibility index (Phi) is 2.97. The van der Waals surface area contributed by atoms with Crippen molar-refractivity contribution < 1.29 is 14.6 Å². The standard InChI is InChI=1S/C13H12FNO2/c14-9-3-1-2-8(6-9)13(17)11-5-4-10(16)7-12(11)15/h1-7,13,16-17H,15H2. The van der Waals surface area contributed by atoms with Crippen LogP contribution < -0.4 is 5.73 Å². The highest BCUT2D eigenvalue weighted by atomic mass is 19.1. The smallest absolute Gasteiger partial charge is 0.123 e. The van der Waals surface area contributed by atoms with Crippen molar-refractivity contribution in [1.82, 2.24) is 0 Å². The third-order valence-corrected chi connectivity index (χ3v) is 2.53. The van der Waals surface area contributed by atoms with Gasteiger partial charge in [0.25, 0.3) is 0 Å². The molecule has 1 atom stereocenters. The van der Waals surface area contributed by atoms with Crippen molar-refractivity contribution in [3.8, 4) is 5.75 Å². The van der Waals surface area contributed by atoms with Gasteiger partial charge in [-0.05, 0) is 23.8 Å². The van der Waals surface area contributed by atoms with Gasteiger partial charge >= 0.3 is 0 Å². The Labute approximate surface area is 97.9 Å². The van der Waals surface area contributed by atoms with E-state index in [0.29, 0.717) is 11.1 Å². The van der Waals surface area contributed by atoms with Gasteiger partial charge in [-0.3, -0.25) is 0 Å². The molecule has 17 heavy (non-hydrogen) atoms. The minimum Gasteiger partial charge on any atom is -0.508 e. The lowest BCUT2D eigenvalue weighted by molar-refractivity contribution is 0.220. The summed E-state index contributed by atoms with van der Waals surface area (Å²) in [5.74, 6) is -0.392. The monoisotopic (exact) mass is 233 g/mol. The topological polar surface area (TPSA) is 66.5 Å². The van der Waals surface area contributed by atoms with Gasteiger partial charge in [0.1, 0.15) is 17.7 Å². The molecular weight excluding hydrogens is 221 g/mol. The van der Waals surface area contributed by atoms with Crippen LogP contribution in [0.4, 0.5) is 10.1 Å². The van der Waals surface area contributed by atoms with Gasteiger partial charge in [-0.2, -0.15) is 0 Å². The maximum atomic E-state index is 13.0. The maximum Gasteiger partial charge on any atom is 0.123 e. The molecule has 2 aromatic rings. The largest absolute Gasteiger partial charge is 0.508 e. The Morgan fingerprint density at radius 1 is 1.12 bits per heavy atom. The molecule has 0 aliphatic rings. The van der Waals surface area contributed by atoms with E-state index in [-0.39, 0.29) is 11.4 Å². The lowest BCUT2D eigenvalue weighted by Gasteiger charge is -2.14. The number of hydrogen-bond acceptors (Lipinski definition) is 3. The molecule has 3 nitrogen and oxygen atoms in total. The van der Waals surface area contributed by atoms with Crippen molar-refractivity contribution in [3.63, 3.8) is 0 Å². The number of rotatable bonds is 2. The zero-order valence-corrected chi connectivity index (χ0v) is 8.97. The average Bonchev–Trinajstić information content (AvgIpc) is 2.28. The van der Waals surface area contributed by atoms with E-state index < -0.39 is 11.9 Å². The fourth-order valence-electron chi connectivity index (χ4n) is 1.67. The second-order valence-electron chi connectivity index (χ2n) is 3.77. The van der Waals surface area contributed by atoms with Crippen LogP contribution in [0.5, 0.6) is 5.75 Å². The quantitative estimate of drug-likeness (QED) is 0.696. The van der Waals surface area contributed by atoms with E-state index in [1.807, 2.05) is 0 Å². The first-order valence-electron chi connectivity index (χ1n) is 5.10. The summed E-state index contributed by atoms with van der Waals surface area (Å²) in [4.78, 5) is 0. The Hall–Kier alpha value is -2.07. The second-order valence-corrected chi connectivity index (χ2v) is 3.77. The van der Waals surface area contributed by atoms with Crippen molar-refractivity contribution in [1.29, 1.82) is 0 Å². The molecule has 0 aliphatic carbocycles. The molecule has 0 aromatic heterocycles. The Bertz CT molecular complexity index is 543. The lowest BCUT2D eigenvalue weighted by atomic mass is 10.00. The van der Waals surface area contributed by atoms with Crippen LogP contribution in [0.25, 0.3) is 0 Å². The predicted molar refractivity (Wildman–Crippen MR) is 63.0 cm³/mol. The molecule has 0 spiro atoms. The molecule has 1 unspecified atom stereocenters. The first-order valence-corrected chi connectivity index (χ1v) is 5.10. The number of nitrogens with two attached hydrogens (primary N) is 1. The van der Waals surface area contributed by atoms with E-state index in [9.17, 15) is 14.6 Å². The Morgan fingerprint density at radius 2 is 1.88 bits per heavy atom. The van der Waals surface area contributed by atoms with Crippen molar-refractivity contribution in [2.24, 2.45) is 0 Å². The Morgan fingerprint density at radius 3 is 2.53 bits per heavy atom. The summed E-state index contributed by atoms with van der Waals surface area (Å²) in [6, 6.07) is 9.96. The van der Waals surface area contributed by atoms with E-state index in [0.717, 1.165) is 0 Å². The molecule has 0 amide bonds. The van der Waals surface area contributed by atoms with Crippen molar-refractivity contribution in [3.05, 3.63) is 59.4 Å². The number of aliphatic hydroxyl groups is 1. The van der Waals surface area contributed by atoms with Crippen LogP contribution in [0.3, 0.4) is 0 Å². The Balaban J connectivity index is 2.40. The lowest BCUT2D eigenvalue weighted by Crippen LogP contribution is -2.03. The number of anilines is 1. The van der Waals surface area contributed by atoms with Gasteiger partial charge in [0.15, 0.2) is 0 Å². The highest BCUT2D eigenvalue weighted by Crippen LogP contribution is 2.29. The van der Waals surface area contributed by atoms with Gasteiger partial charge in [0.05, 0.1) is 0 Å². The molecule has 0 radical (unpaired) electrons. The molecule has 0 bridgehead atoms. The molecule has 4 N–H and O–H groups in total.